The molecule has 5 nitrogen and oxygen atoms in total. The van der Waals surface area contributed by atoms with Crippen LogP contribution in [0, 0.1) is 0 Å². The standard InChI is InChI=1S/C11H12ClNO4/c1-17-11(16)5-4-10(15)13-8-6-7(12)2-3-9(8)14/h2-3,6,14H,4-5H2,1H3,(H,13,15). The third-order valence-electron chi connectivity index (χ3n) is 2.02. The number of ether oxygens (including phenoxy) is 1. The molecule has 0 fully saturated rings. The van der Waals surface area contributed by atoms with Gasteiger partial charge in [-0.2, -0.15) is 0 Å². The maximum absolute atomic E-state index is 11.4. The maximum atomic E-state index is 11.4. The number of hydrogen-bond donors (Lipinski definition) is 2. The minimum Gasteiger partial charge on any atom is -0.506 e. The van der Waals surface area contributed by atoms with Crippen LogP contribution in [0.15, 0.2) is 18.2 Å². The first kappa shape index (κ1) is 13.3. The van der Waals surface area contributed by atoms with Crippen LogP contribution in [0.2, 0.25) is 5.02 Å². The molecule has 0 unspecified atom stereocenters. The van der Waals surface area contributed by atoms with Gasteiger partial charge in [0.25, 0.3) is 0 Å². The van der Waals surface area contributed by atoms with Gasteiger partial charge in [0.2, 0.25) is 5.91 Å². The molecular formula is C11H12ClNO4. The van der Waals surface area contributed by atoms with Gasteiger partial charge in [-0.05, 0) is 18.2 Å². The van der Waals surface area contributed by atoms with E-state index in [-0.39, 0.29) is 24.3 Å². The lowest BCUT2D eigenvalue weighted by molar-refractivity contribution is -0.141. The van der Waals surface area contributed by atoms with Crippen LogP contribution in [0.3, 0.4) is 0 Å². The van der Waals surface area contributed by atoms with Crippen LogP contribution in [0.1, 0.15) is 12.8 Å². The van der Waals surface area contributed by atoms with E-state index in [0.717, 1.165) is 0 Å². The van der Waals surface area contributed by atoms with E-state index in [9.17, 15) is 14.7 Å². The lowest BCUT2D eigenvalue weighted by Gasteiger charge is -2.07. The van der Waals surface area contributed by atoms with Gasteiger partial charge < -0.3 is 15.2 Å². The molecule has 0 aliphatic carbocycles. The fourth-order valence-electron chi connectivity index (χ4n) is 1.14. The predicted octanol–water partition coefficient (Wildman–Crippen LogP) is 1.94. The summed E-state index contributed by atoms with van der Waals surface area (Å²) in [4.78, 5) is 22.2. The molecule has 17 heavy (non-hydrogen) atoms. The molecule has 0 atom stereocenters. The number of phenolic OH excluding ortho intramolecular Hbond substituents is 1. The van der Waals surface area contributed by atoms with Crippen LogP contribution in [0.25, 0.3) is 0 Å². The number of nitrogens with one attached hydrogen (secondary N) is 1. The molecule has 0 aliphatic heterocycles. The predicted molar refractivity (Wildman–Crippen MR) is 63.0 cm³/mol. The van der Waals surface area contributed by atoms with Crippen molar-refractivity contribution in [1.29, 1.82) is 0 Å². The van der Waals surface area contributed by atoms with Crippen molar-refractivity contribution in [2.45, 2.75) is 12.8 Å². The summed E-state index contributed by atoms with van der Waals surface area (Å²) in [7, 11) is 1.25. The smallest absolute Gasteiger partial charge is 0.306 e. The van der Waals surface area contributed by atoms with Crippen molar-refractivity contribution in [3.63, 3.8) is 0 Å². The Bertz CT molecular complexity index is 433. The fraction of sp³-hybridized carbons (Fsp3) is 0.273. The lowest BCUT2D eigenvalue weighted by atomic mass is 10.2. The summed E-state index contributed by atoms with van der Waals surface area (Å²) in [6, 6.07) is 4.30. The summed E-state index contributed by atoms with van der Waals surface area (Å²) in [6.07, 6.45) is -0.0255. The number of aromatic hydroxyl groups is 1. The van der Waals surface area contributed by atoms with Crippen LogP contribution in [0.5, 0.6) is 5.75 Å². The van der Waals surface area contributed by atoms with E-state index in [4.69, 9.17) is 11.6 Å². The Morgan fingerprint density at radius 3 is 2.76 bits per heavy atom. The monoisotopic (exact) mass is 257 g/mol. The van der Waals surface area contributed by atoms with Crippen molar-refractivity contribution in [3.05, 3.63) is 23.2 Å². The largest absolute Gasteiger partial charge is 0.506 e. The Hall–Kier alpha value is -1.75. The Balaban J connectivity index is 2.56. The number of esters is 1. The highest BCUT2D eigenvalue weighted by atomic mass is 35.5. The molecule has 0 saturated heterocycles. The summed E-state index contributed by atoms with van der Waals surface area (Å²) in [6.45, 7) is 0. The topological polar surface area (TPSA) is 75.6 Å². The van der Waals surface area contributed by atoms with Crippen molar-refractivity contribution in [1.82, 2.24) is 0 Å². The van der Waals surface area contributed by atoms with Gasteiger partial charge >= 0.3 is 5.97 Å². The van der Waals surface area contributed by atoms with E-state index in [1.54, 1.807) is 0 Å². The van der Waals surface area contributed by atoms with Gasteiger partial charge in [-0.15, -0.1) is 0 Å². The molecule has 0 bridgehead atoms. The minimum atomic E-state index is -0.463. The number of halogens is 1. The Morgan fingerprint density at radius 1 is 1.41 bits per heavy atom. The van der Waals surface area contributed by atoms with E-state index < -0.39 is 11.9 Å². The van der Waals surface area contributed by atoms with Crippen LogP contribution >= 0.6 is 11.6 Å². The van der Waals surface area contributed by atoms with E-state index in [2.05, 4.69) is 10.1 Å². The van der Waals surface area contributed by atoms with Gasteiger partial charge in [0.05, 0.1) is 19.2 Å². The minimum absolute atomic E-state index is 0.0103. The zero-order valence-corrected chi connectivity index (χ0v) is 9.95. The number of methoxy groups -OCH3 is 1. The summed E-state index contributed by atoms with van der Waals surface area (Å²) in [5, 5.41) is 12.3. The SMILES string of the molecule is COC(=O)CCC(=O)Nc1cc(Cl)ccc1O. The van der Waals surface area contributed by atoms with Crippen molar-refractivity contribution < 1.29 is 19.4 Å². The van der Waals surface area contributed by atoms with Gasteiger partial charge in [0.15, 0.2) is 0 Å². The number of rotatable bonds is 4. The number of carbonyl (C=O) groups excluding carboxylic acids is 2. The third kappa shape index (κ3) is 4.32. The average Bonchev–Trinajstić information content (AvgIpc) is 2.30. The van der Waals surface area contributed by atoms with Gasteiger partial charge in [-0.1, -0.05) is 11.6 Å². The molecule has 0 aliphatic rings. The molecule has 0 saturated carbocycles. The second-order valence-corrected chi connectivity index (χ2v) is 3.72. The first-order valence-electron chi connectivity index (χ1n) is 4.88. The normalized spacial score (nSPS) is 9.76. The summed E-state index contributed by atoms with van der Waals surface area (Å²) in [5.74, 6) is -0.941. The molecule has 6 heteroatoms. The van der Waals surface area contributed by atoms with Crippen LogP contribution in [0.4, 0.5) is 5.69 Å². The number of benzene rings is 1. The van der Waals surface area contributed by atoms with E-state index in [0.29, 0.717) is 5.02 Å². The Labute approximate surface area is 103 Å². The van der Waals surface area contributed by atoms with E-state index >= 15 is 0 Å². The highest BCUT2D eigenvalue weighted by Crippen LogP contribution is 2.26. The molecule has 1 amide bonds. The molecule has 1 rings (SSSR count). The van der Waals surface area contributed by atoms with Gasteiger partial charge in [0, 0.05) is 11.4 Å². The van der Waals surface area contributed by atoms with Crippen LogP contribution < -0.4 is 5.32 Å². The number of anilines is 1. The number of hydrogen-bond acceptors (Lipinski definition) is 4. The molecule has 1 aromatic rings. The van der Waals surface area contributed by atoms with Crippen molar-refractivity contribution in [3.8, 4) is 5.75 Å². The molecule has 1 aromatic carbocycles. The molecular weight excluding hydrogens is 246 g/mol. The van der Waals surface area contributed by atoms with Crippen LogP contribution in [-0.2, 0) is 14.3 Å². The molecule has 0 heterocycles. The zero-order valence-electron chi connectivity index (χ0n) is 9.20. The average molecular weight is 258 g/mol. The quantitative estimate of drug-likeness (QED) is 0.638. The van der Waals surface area contributed by atoms with Crippen LogP contribution in [-0.4, -0.2) is 24.1 Å². The second kappa shape index (κ2) is 6.10. The lowest BCUT2D eigenvalue weighted by Crippen LogP contribution is -2.14. The number of amides is 1. The van der Waals surface area contributed by atoms with Gasteiger partial charge in [-0.25, -0.2) is 0 Å². The molecule has 2 N–H and O–H groups in total. The number of phenols is 1. The third-order valence-corrected chi connectivity index (χ3v) is 2.25. The van der Waals surface area contributed by atoms with Crippen molar-refractivity contribution in [2.24, 2.45) is 0 Å². The molecule has 0 spiro atoms. The van der Waals surface area contributed by atoms with Crippen molar-refractivity contribution >= 4 is 29.2 Å². The first-order valence-corrected chi connectivity index (χ1v) is 5.26. The summed E-state index contributed by atoms with van der Waals surface area (Å²) >= 11 is 5.71. The summed E-state index contributed by atoms with van der Waals surface area (Å²) in [5.41, 5.74) is 0.215. The summed E-state index contributed by atoms with van der Waals surface area (Å²) < 4.78 is 4.40. The maximum Gasteiger partial charge on any atom is 0.306 e. The molecule has 0 aromatic heterocycles. The zero-order chi connectivity index (χ0) is 12.8. The Kier molecular flexibility index (Phi) is 4.78. The van der Waals surface area contributed by atoms with Gasteiger partial charge in [-0.3, -0.25) is 9.59 Å². The van der Waals surface area contributed by atoms with E-state index in [1.807, 2.05) is 0 Å². The fourth-order valence-corrected chi connectivity index (χ4v) is 1.31. The highest BCUT2D eigenvalue weighted by Gasteiger charge is 2.09. The van der Waals surface area contributed by atoms with Crippen molar-refractivity contribution in [2.75, 3.05) is 12.4 Å². The van der Waals surface area contributed by atoms with E-state index in [1.165, 1.54) is 25.3 Å². The first-order chi connectivity index (χ1) is 8.02. The molecule has 0 radical (unpaired) electrons. The number of carbonyl (C=O) groups is 2. The molecule has 92 valence electrons. The Morgan fingerprint density at radius 2 is 2.12 bits per heavy atom. The van der Waals surface area contributed by atoms with Gasteiger partial charge in [0.1, 0.15) is 5.75 Å². The highest BCUT2D eigenvalue weighted by molar-refractivity contribution is 6.31. The second-order valence-electron chi connectivity index (χ2n) is 3.29.